The number of para-hydroxylation sites is 1. The van der Waals surface area contributed by atoms with Crippen LogP contribution in [0.3, 0.4) is 0 Å². The SMILES string of the molecule is COc1ccccc1S(=O)(=O)N1C[C@H](O)COC[C@@H]2O[C@H](CC(=O)O)CC[C@H]21. The predicted molar refractivity (Wildman–Crippen MR) is 97.6 cm³/mol. The molecule has 28 heavy (non-hydrogen) atoms. The highest BCUT2D eigenvalue weighted by Crippen LogP contribution is 2.34. The van der Waals surface area contributed by atoms with E-state index in [0.29, 0.717) is 12.8 Å². The first-order chi connectivity index (χ1) is 13.3. The van der Waals surface area contributed by atoms with Gasteiger partial charge in [0.15, 0.2) is 0 Å². The molecule has 0 radical (unpaired) electrons. The summed E-state index contributed by atoms with van der Waals surface area (Å²) < 4.78 is 44.7. The highest BCUT2D eigenvalue weighted by atomic mass is 32.2. The number of aliphatic hydroxyl groups is 1. The summed E-state index contributed by atoms with van der Waals surface area (Å²) in [5.74, 6) is -0.753. The van der Waals surface area contributed by atoms with E-state index in [9.17, 15) is 18.3 Å². The summed E-state index contributed by atoms with van der Waals surface area (Å²) in [6, 6.07) is 5.74. The topological polar surface area (TPSA) is 123 Å². The molecule has 3 rings (SSSR count). The second-order valence-electron chi connectivity index (χ2n) is 6.96. The molecule has 0 unspecified atom stereocenters. The summed E-state index contributed by atoms with van der Waals surface area (Å²) >= 11 is 0. The van der Waals surface area contributed by atoms with Crippen molar-refractivity contribution in [3.8, 4) is 5.75 Å². The van der Waals surface area contributed by atoms with E-state index in [1.54, 1.807) is 18.2 Å². The molecule has 2 saturated heterocycles. The Balaban J connectivity index is 1.93. The molecule has 0 spiro atoms. The van der Waals surface area contributed by atoms with Crippen LogP contribution in [0.5, 0.6) is 5.75 Å². The molecule has 0 aliphatic carbocycles. The second kappa shape index (κ2) is 8.75. The molecule has 4 atom stereocenters. The average molecular weight is 415 g/mol. The minimum atomic E-state index is -3.99. The third kappa shape index (κ3) is 4.47. The van der Waals surface area contributed by atoms with Crippen molar-refractivity contribution in [2.75, 3.05) is 26.9 Å². The Morgan fingerprint density at radius 2 is 2.04 bits per heavy atom. The van der Waals surface area contributed by atoms with Gasteiger partial charge in [-0.15, -0.1) is 0 Å². The average Bonchev–Trinajstić information content (AvgIpc) is 2.64. The van der Waals surface area contributed by atoms with E-state index in [-0.39, 0.29) is 36.8 Å². The summed E-state index contributed by atoms with van der Waals surface area (Å²) in [4.78, 5) is 11.0. The van der Waals surface area contributed by atoms with Crippen LogP contribution in [0, 0.1) is 0 Å². The van der Waals surface area contributed by atoms with Crippen LogP contribution in [-0.2, 0) is 24.3 Å². The van der Waals surface area contributed by atoms with Gasteiger partial charge in [-0.2, -0.15) is 4.31 Å². The third-order valence-corrected chi connectivity index (χ3v) is 6.92. The molecule has 2 fully saturated rings. The Kier molecular flexibility index (Phi) is 6.56. The van der Waals surface area contributed by atoms with E-state index in [1.165, 1.54) is 17.5 Å². The van der Waals surface area contributed by atoms with E-state index in [1.807, 2.05) is 0 Å². The molecule has 2 heterocycles. The summed E-state index contributed by atoms with van der Waals surface area (Å²) in [7, 11) is -2.60. The summed E-state index contributed by atoms with van der Waals surface area (Å²) in [6.07, 6.45) is -1.43. The van der Waals surface area contributed by atoms with Crippen molar-refractivity contribution in [2.45, 2.75) is 48.5 Å². The van der Waals surface area contributed by atoms with Crippen LogP contribution in [-0.4, -0.2) is 80.1 Å². The zero-order valence-corrected chi connectivity index (χ0v) is 16.4. The number of carbonyl (C=O) groups is 1. The monoisotopic (exact) mass is 415 g/mol. The standard InChI is InChI=1S/C18H25NO8S/c1-25-15-4-2-3-5-17(15)28(23,24)19-9-12(20)10-26-11-16-14(19)7-6-13(27-16)8-18(21)22/h2-5,12-14,16,20H,6-11H2,1H3,(H,21,22)/t12-,13-,14+,16-/m0/s1. The number of methoxy groups -OCH3 is 1. The van der Waals surface area contributed by atoms with Gasteiger partial charge in [0.05, 0.1) is 51.1 Å². The summed E-state index contributed by atoms with van der Waals surface area (Å²) in [5.41, 5.74) is 0. The van der Waals surface area contributed by atoms with Gasteiger partial charge < -0.3 is 24.4 Å². The van der Waals surface area contributed by atoms with Gasteiger partial charge >= 0.3 is 5.97 Å². The van der Waals surface area contributed by atoms with Crippen LogP contribution in [0.2, 0.25) is 0 Å². The molecule has 2 N–H and O–H groups in total. The Morgan fingerprint density at radius 1 is 1.29 bits per heavy atom. The van der Waals surface area contributed by atoms with Crippen LogP contribution >= 0.6 is 0 Å². The van der Waals surface area contributed by atoms with Crippen molar-refractivity contribution in [3.05, 3.63) is 24.3 Å². The van der Waals surface area contributed by atoms with Crippen molar-refractivity contribution in [1.82, 2.24) is 4.31 Å². The minimum Gasteiger partial charge on any atom is -0.495 e. The molecule has 9 nitrogen and oxygen atoms in total. The Labute approximate surface area is 163 Å². The summed E-state index contributed by atoms with van der Waals surface area (Å²) in [6.45, 7) is -0.0988. The number of fused-ring (bicyclic) bond motifs is 1. The lowest BCUT2D eigenvalue weighted by molar-refractivity contribution is -0.155. The van der Waals surface area contributed by atoms with E-state index >= 15 is 0 Å². The van der Waals surface area contributed by atoms with Crippen LogP contribution in [0.15, 0.2) is 29.2 Å². The lowest BCUT2D eigenvalue weighted by Gasteiger charge is -2.43. The van der Waals surface area contributed by atoms with Crippen molar-refractivity contribution in [2.24, 2.45) is 0 Å². The fourth-order valence-corrected chi connectivity index (χ4v) is 5.60. The molecule has 0 bridgehead atoms. The molecule has 2 aliphatic rings. The molecule has 0 saturated carbocycles. The maximum atomic E-state index is 13.4. The quantitative estimate of drug-likeness (QED) is 0.712. The van der Waals surface area contributed by atoms with Crippen LogP contribution in [0.4, 0.5) is 0 Å². The molecule has 2 aliphatic heterocycles. The number of sulfonamides is 1. The maximum absolute atomic E-state index is 13.4. The lowest BCUT2D eigenvalue weighted by Crippen LogP contribution is -2.57. The van der Waals surface area contributed by atoms with Crippen molar-refractivity contribution in [3.63, 3.8) is 0 Å². The van der Waals surface area contributed by atoms with Crippen LogP contribution in [0.1, 0.15) is 19.3 Å². The molecule has 10 heteroatoms. The highest BCUT2D eigenvalue weighted by molar-refractivity contribution is 7.89. The van der Waals surface area contributed by atoms with E-state index < -0.39 is 40.3 Å². The number of nitrogens with zero attached hydrogens (tertiary/aromatic N) is 1. The molecular formula is C18H25NO8S. The van der Waals surface area contributed by atoms with Crippen LogP contribution < -0.4 is 4.74 Å². The second-order valence-corrected chi connectivity index (χ2v) is 8.81. The molecule has 0 aromatic heterocycles. The zero-order chi connectivity index (χ0) is 20.3. The largest absolute Gasteiger partial charge is 0.495 e. The Morgan fingerprint density at radius 3 is 2.75 bits per heavy atom. The molecule has 1 aromatic rings. The summed E-state index contributed by atoms with van der Waals surface area (Å²) in [5, 5.41) is 19.2. The number of carboxylic acids is 1. The molecule has 0 amide bonds. The fraction of sp³-hybridized carbons (Fsp3) is 0.611. The highest BCUT2D eigenvalue weighted by Gasteiger charge is 2.43. The van der Waals surface area contributed by atoms with E-state index in [2.05, 4.69) is 0 Å². The Hall–Kier alpha value is -1.72. The van der Waals surface area contributed by atoms with Gasteiger partial charge in [-0.25, -0.2) is 8.42 Å². The first-order valence-electron chi connectivity index (χ1n) is 9.11. The van der Waals surface area contributed by atoms with Crippen molar-refractivity contribution in [1.29, 1.82) is 0 Å². The number of benzene rings is 1. The number of hydrogen-bond acceptors (Lipinski definition) is 7. The van der Waals surface area contributed by atoms with Crippen molar-refractivity contribution < 1.29 is 37.6 Å². The van der Waals surface area contributed by atoms with E-state index in [0.717, 1.165) is 0 Å². The van der Waals surface area contributed by atoms with E-state index in [4.69, 9.17) is 19.3 Å². The number of β-amino-alcohol motifs (C(OH)–C–C–N with tert-alkyl or cyclic N) is 1. The van der Waals surface area contributed by atoms with Gasteiger partial charge in [-0.05, 0) is 25.0 Å². The Bertz CT molecular complexity index is 799. The predicted octanol–water partition coefficient (Wildman–Crippen LogP) is 0.468. The number of aliphatic carboxylic acids is 1. The van der Waals surface area contributed by atoms with Gasteiger partial charge in [0, 0.05) is 6.54 Å². The van der Waals surface area contributed by atoms with Gasteiger partial charge in [-0.1, -0.05) is 12.1 Å². The zero-order valence-electron chi connectivity index (χ0n) is 15.6. The molecule has 156 valence electrons. The lowest BCUT2D eigenvalue weighted by atomic mass is 9.96. The number of carboxylic acid groups (broad SMARTS) is 1. The van der Waals surface area contributed by atoms with Crippen molar-refractivity contribution >= 4 is 16.0 Å². The van der Waals surface area contributed by atoms with Gasteiger partial charge in [0.2, 0.25) is 10.0 Å². The smallest absolute Gasteiger partial charge is 0.305 e. The molecule has 1 aromatic carbocycles. The normalized spacial score (nSPS) is 29.4. The number of aliphatic hydroxyl groups excluding tert-OH is 1. The minimum absolute atomic E-state index is 0.0117. The molecular weight excluding hydrogens is 390 g/mol. The first kappa shape index (κ1) is 21.0. The fourth-order valence-electron chi connectivity index (χ4n) is 3.72. The number of ether oxygens (including phenoxy) is 3. The maximum Gasteiger partial charge on any atom is 0.305 e. The van der Waals surface area contributed by atoms with Gasteiger partial charge in [-0.3, -0.25) is 4.79 Å². The van der Waals surface area contributed by atoms with Crippen LogP contribution in [0.25, 0.3) is 0 Å². The first-order valence-corrected chi connectivity index (χ1v) is 10.5. The third-order valence-electron chi connectivity index (χ3n) is 4.99. The van der Waals surface area contributed by atoms with Gasteiger partial charge in [0.25, 0.3) is 0 Å². The number of hydrogen-bond donors (Lipinski definition) is 2. The van der Waals surface area contributed by atoms with Gasteiger partial charge in [0.1, 0.15) is 10.6 Å². The number of rotatable bonds is 5.